The summed E-state index contributed by atoms with van der Waals surface area (Å²) in [6, 6.07) is 92.2. The number of benzene rings is 10. The van der Waals surface area contributed by atoms with E-state index in [2.05, 4.69) is 268 Å². The second kappa shape index (κ2) is 16.0. The van der Waals surface area contributed by atoms with E-state index in [0.29, 0.717) is 17.7 Å². The van der Waals surface area contributed by atoms with Crippen molar-refractivity contribution in [3.8, 4) is 29.0 Å². The van der Waals surface area contributed by atoms with Crippen LogP contribution in [0.4, 0.5) is 0 Å². The zero-order valence-corrected chi connectivity index (χ0v) is 38.9. The van der Waals surface area contributed by atoms with E-state index < -0.39 is 8.07 Å². The molecule has 0 bridgehead atoms. The first kappa shape index (κ1) is 39.9. The standard InChI is InChI=1S/C63H42N6Si/c1-3-21-45(22-4-1)70(46-23-5-2-6-24-46,48-25-19-20-44(42-48)67-55-32-13-7-26-49(55)50-27-8-14-33-56(50)67)47-40-38-43(39-41-47)61-64-62(68-57-34-15-9-28-51(57)52-29-10-16-35-58(52)68)66-63(65-61)69-59-36-17-11-30-53(59)54-31-12-18-37-60(54)69/h1-42H. The third-order valence-electron chi connectivity index (χ3n) is 14.3. The molecule has 70 heavy (non-hydrogen) atoms. The molecule has 14 aromatic rings. The highest BCUT2D eigenvalue weighted by Gasteiger charge is 2.41. The van der Waals surface area contributed by atoms with Crippen LogP contribution in [0.3, 0.4) is 0 Å². The highest BCUT2D eigenvalue weighted by Crippen LogP contribution is 2.35. The van der Waals surface area contributed by atoms with Crippen LogP contribution >= 0.6 is 0 Å². The van der Waals surface area contributed by atoms with E-state index in [9.17, 15) is 0 Å². The maximum Gasteiger partial charge on any atom is 0.240 e. The van der Waals surface area contributed by atoms with Gasteiger partial charge in [0.15, 0.2) is 13.9 Å². The number of fused-ring (bicyclic) bond motifs is 9. The van der Waals surface area contributed by atoms with Gasteiger partial charge in [-0.3, -0.25) is 9.13 Å². The fraction of sp³-hybridized carbons (Fsp3) is 0. The number of rotatable bonds is 8. The molecule has 0 aliphatic rings. The van der Waals surface area contributed by atoms with Gasteiger partial charge in [0.2, 0.25) is 11.9 Å². The van der Waals surface area contributed by atoms with Crippen molar-refractivity contribution in [3.63, 3.8) is 0 Å². The van der Waals surface area contributed by atoms with E-state index in [1.165, 1.54) is 42.6 Å². The molecule has 14 rings (SSSR count). The van der Waals surface area contributed by atoms with Crippen molar-refractivity contribution in [2.75, 3.05) is 0 Å². The molecular weight excluding hydrogens is 869 g/mol. The molecule has 0 atom stereocenters. The van der Waals surface area contributed by atoms with Crippen molar-refractivity contribution in [2.45, 2.75) is 0 Å². The molecule has 0 aliphatic heterocycles. The van der Waals surface area contributed by atoms with E-state index in [0.717, 1.165) is 54.9 Å². The summed E-state index contributed by atoms with van der Waals surface area (Å²) in [4.78, 5) is 16.2. The fourth-order valence-corrected chi connectivity index (χ4v) is 16.0. The third-order valence-corrected chi connectivity index (χ3v) is 19.1. The molecule has 0 N–H and O–H groups in total. The lowest BCUT2D eigenvalue weighted by molar-refractivity contribution is 0.893. The van der Waals surface area contributed by atoms with Crippen LogP contribution in [-0.4, -0.2) is 36.7 Å². The van der Waals surface area contributed by atoms with Crippen molar-refractivity contribution in [1.29, 1.82) is 0 Å². The molecular formula is C63H42N6Si. The molecule has 0 amide bonds. The Balaban J connectivity index is 1.00. The number of nitrogens with zero attached hydrogens (tertiary/aromatic N) is 6. The highest BCUT2D eigenvalue weighted by atomic mass is 28.3. The molecule has 0 radical (unpaired) electrons. The lowest BCUT2D eigenvalue weighted by atomic mass is 10.2. The van der Waals surface area contributed by atoms with E-state index >= 15 is 0 Å². The van der Waals surface area contributed by atoms with Crippen LogP contribution < -0.4 is 20.7 Å². The minimum absolute atomic E-state index is 0.558. The average Bonchev–Trinajstić information content (AvgIpc) is 4.08. The van der Waals surface area contributed by atoms with Gasteiger partial charge in [-0.05, 0) is 69.3 Å². The maximum absolute atomic E-state index is 5.41. The molecule has 0 spiro atoms. The summed E-state index contributed by atoms with van der Waals surface area (Å²) in [6.45, 7) is 0. The molecule has 6 nitrogen and oxygen atoms in total. The van der Waals surface area contributed by atoms with Gasteiger partial charge in [-0.25, -0.2) is 0 Å². The number of aromatic nitrogens is 6. The average molecular weight is 911 g/mol. The Bertz CT molecular complexity index is 3970. The van der Waals surface area contributed by atoms with Crippen LogP contribution in [0.2, 0.25) is 0 Å². The van der Waals surface area contributed by atoms with Crippen LogP contribution in [0.5, 0.6) is 0 Å². The lowest BCUT2D eigenvalue weighted by Gasteiger charge is -2.35. The Morgan fingerprint density at radius 2 is 0.586 bits per heavy atom. The Kier molecular flexibility index (Phi) is 9.12. The summed E-state index contributed by atoms with van der Waals surface area (Å²) >= 11 is 0. The van der Waals surface area contributed by atoms with Crippen molar-refractivity contribution < 1.29 is 0 Å². The third kappa shape index (κ3) is 6.02. The van der Waals surface area contributed by atoms with Crippen molar-refractivity contribution in [3.05, 3.63) is 255 Å². The predicted octanol–water partition coefficient (Wildman–Crippen LogP) is 12.2. The summed E-state index contributed by atoms with van der Waals surface area (Å²) in [5.74, 6) is 1.71. The molecule has 4 aromatic heterocycles. The second-order valence-corrected chi connectivity index (χ2v) is 21.8. The SMILES string of the molecule is c1ccc([Si](c2ccccc2)(c2ccc(-c3nc(-n4c5ccccc5c5ccccc54)nc(-n4c5ccccc5c5ccccc54)n3)cc2)c2cccc(-n3c4ccccc4c4ccccc43)c2)cc1. The summed E-state index contributed by atoms with van der Waals surface area (Å²) in [5.41, 5.74) is 8.56. The van der Waals surface area contributed by atoms with Crippen molar-refractivity contribution >= 4 is 94.2 Å². The van der Waals surface area contributed by atoms with Gasteiger partial charge in [-0.15, -0.1) is 0 Å². The molecule has 0 saturated heterocycles. The van der Waals surface area contributed by atoms with Gasteiger partial charge in [0.1, 0.15) is 0 Å². The maximum atomic E-state index is 5.41. The molecule has 328 valence electrons. The van der Waals surface area contributed by atoms with Crippen LogP contribution in [0.15, 0.2) is 255 Å². The Labute approximate surface area is 404 Å². The number of hydrogen-bond donors (Lipinski definition) is 0. The zero-order chi connectivity index (χ0) is 46.2. The first-order chi connectivity index (χ1) is 34.7. The van der Waals surface area contributed by atoms with Gasteiger partial charge in [-0.1, -0.05) is 206 Å². The molecule has 7 heteroatoms. The van der Waals surface area contributed by atoms with Crippen molar-refractivity contribution in [2.24, 2.45) is 0 Å². The van der Waals surface area contributed by atoms with E-state index in [1.807, 2.05) is 0 Å². The summed E-state index contributed by atoms with van der Waals surface area (Å²) in [6.07, 6.45) is 0. The predicted molar refractivity (Wildman–Crippen MR) is 292 cm³/mol. The first-order valence-electron chi connectivity index (χ1n) is 23.8. The normalized spacial score (nSPS) is 12.0. The van der Waals surface area contributed by atoms with E-state index in [1.54, 1.807) is 0 Å². The smallest absolute Gasteiger partial charge is 0.240 e. The zero-order valence-electron chi connectivity index (χ0n) is 37.9. The van der Waals surface area contributed by atoms with Gasteiger partial charge < -0.3 is 4.57 Å². The quantitative estimate of drug-likeness (QED) is 0.113. The summed E-state index contributed by atoms with van der Waals surface area (Å²) in [5, 5.41) is 12.2. The molecule has 0 fully saturated rings. The van der Waals surface area contributed by atoms with E-state index in [4.69, 9.17) is 15.0 Å². The van der Waals surface area contributed by atoms with Gasteiger partial charge in [0, 0.05) is 43.6 Å². The topological polar surface area (TPSA) is 53.5 Å². The van der Waals surface area contributed by atoms with Gasteiger partial charge in [-0.2, -0.15) is 15.0 Å². The Hall–Kier alpha value is -9.17. The monoisotopic (exact) mass is 910 g/mol. The highest BCUT2D eigenvalue weighted by molar-refractivity contribution is 7.19. The second-order valence-electron chi connectivity index (χ2n) is 18.0. The number of para-hydroxylation sites is 6. The first-order valence-corrected chi connectivity index (χ1v) is 25.8. The molecule has 0 unspecified atom stereocenters. The van der Waals surface area contributed by atoms with Gasteiger partial charge in [0.05, 0.1) is 33.1 Å². The molecule has 0 aliphatic carbocycles. The van der Waals surface area contributed by atoms with Crippen LogP contribution in [0.25, 0.3) is 94.4 Å². The van der Waals surface area contributed by atoms with Crippen LogP contribution in [0.1, 0.15) is 0 Å². The molecule has 10 aromatic carbocycles. The van der Waals surface area contributed by atoms with Gasteiger partial charge in [0.25, 0.3) is 0 Å². The fourth-order valence-electron chi connectivity index (χ4n) is 11.3. The van der Waals surface area contributed by atoms with Crippen LogP contribution in [0, 0.1) is 0 Å². The lowest BCUT2D eigenvalue weighted by Crippen LogP contribution is -2.74. The van der Waals surface area contributed by atoms with Crippen molar-refractivity contribution in [1.82, 2.24) is 28.7 Å². The Morgan fingerprint density at radius 3 is 0.986 bits per heavy atom. The van der Waals surface area contributed by atoms with E-state index in [-0.39, 0.29) is 0 Å². The molecule has 4 heterocycles. The minimum atomic E-state index is -3.01. The largest absolute Gasteiger partial charge is 0.309 e. The summed E-state index contributed by atoms with van der Waals surface area (Å²) < 4.78 is 6.81. The van der Waals surface area contributed by atoms with Gasteiger partial charge >= 0.3 is 0 Å². The minimum Gasteiger partial charge on any atom is -0.309 e. The number of hydrogen-bond acceptors (Lipinski definition) is 3. The van der Waals surface area contributed by atoms with Crippen LogP contribution in [-0.2, 0) is 0 Å². The summed E-state index contributed by atoms with van der Waals surface area (Å²) in [7, 11) is -3.01. The Morgan fingerprint density at radius 1 is 0.257 bits per heavy atom. The molecule has 0 saturated carbocycles.